The Hall–Kier alpha value is 0.590. The number of halogens is 2. The van der Waals surface area contributed by atoms with Crippen LogP contribution >= 0.6 is 31.9 Å². The van der Waals surface area contributed by atoms with Crippen molar-refractivity contribution in [2.45, 2.75) is 10.2 Å². The Morgan fingerprint density at radius 3 is 2.64 bits per heavy atom. The van der Waals surface area contributed by atoms with E-state index < -0.39 is 0 Å². The minimum Gasteiger partial charge on any atom is -0.306 e. The molecule has 0 N–H and O–H groups in total. The predicted octanol–water partition coefficient (Wildman–Crippen LogP) is 1.62. The molecule has 64 valence electrons. The number of likely N-dealkylation sites (tertiary alicyclic amines) is 1. The van der Waals surface area contributed by atoms with Crippen molar-refractivity contribution in [1.29, 1.82) is 0 Å². The first-order chi connectivity index (χ1) is 5.11. The Morgan fingerprint density at radius 1 is 1.64 bits per heavy atom. The quantitative estimate of drug-likeness (QED) is 0.719. The third-order valence-corrected chi connectivity index (χ3v) is 2.91. The molecular formula is C7H11Br2NO. The molecule has 1 atom stereocenters. The van der Waals surface area contributed by atoms with Crippen LogP contribution in [0.15, 0.2) is 0 Å². The van der Waals surface area contributed by atoms with Gasteiger partial charge in [-0.3, -0.25) is 4.79 Å². The third-order valence-electron chi connectivity index (χ3n) is 2.01. The highest BCUT2D eigenvalue weighted by molar-refractivity contribution is 9.25. The minimum atomic E-state index is -0.161. The molecular weight excluding hydrogens is 274 g/mol. The number of hydrogen-bond donors (Lipinski definition) is 0. The minimum absolute atomic E-state index is 0.161. The van der Waals surface area contributed by atoms with Crippen LogP contribution in [0.1, 0.15) is 6.42 Å². The topological polar surface area (TPSA) is 20.3 Å². The van der Waals surface area contributed by atoms with Crippen molar-refractivity contribution >= 4 is 37.6 Å². The van der Waals surface area contributed by atoms with Crippen LogP contribution in [0.3, 0.4) is 0 Å². The Kier molecular flexibility index (Phi) is 3.52. The zero-order valence-electron chi connectivity index (χ0n) is 6.39. The molecule has 1 heterocycles. The van der Waals surface area contributed by atoms with Crippen LogP contribution < -0.4 is 0 Å². The standard InChI is InChI=1S/C7H11Br2NO/c1-10-3-2-5(4-10)6(11)7(8)9/h5,7H,2-4H2,1H3. The summed E-state index contributed by atoms with van der Waals surface area (Å²) in [5.41, 5.74) is 0. The van der Waals surface area contributed by atoms with E-state index >= 15 is 0 Å². The van der Waals surface area contributed by atoms with Gasteiger partial charge in [-0.15, -0.1) is 0 Å². The number of nitrogens with zero attached hydrogens (tertiary/aromatic N) is 1. The maximum absolute atomic E-state index is 11.4. The van der Waals surface area contributed by atoms with Crippen LogP contribution in [-0.4, -0.2) is 34.6 Å². The van der Waals surface area contributed by atoms with Gasteiger partial charge in [0.2, 0.25) is 0 Å². The van der Waals surface area contributed by atoms with Crippen molar-refractivity contribution in [2.75, 3.05) is 20.1 Å². The third kappa shape index (κ3) is 2.53. The van der Waals surface area contributed by atoms with E-state index in [-0.39, 0.29) is 15.4 Å². The van der Waals surface area contributed by atoms with Crippen molar-refractivity contribution < 1.29 is 4.79 Å². The molecule has 11 heavy (non-hydrogen) atoms. The van der Waals surface area contributed by atoms with Crippen LogP contribution in [0.2, 0.25) is 0 Å². The highest BCUT2D eigenvalue weighted by Gasteiger charge is 2.28. The molecule has 0 aliphatic carbocycles. The van der Waals surface area contributed by atoms with Gasteiger partial charge in [0.15, 0.2) is 5.78 Å². The van der Waals surface area contributed by atoms with Gasteiger partial charge >= 0.3 is 0 Å². The zero-order chi connectivity index (χ0) is 8.43. The van der Waals surface area contributed by atoms with Crippen molar-refractivity contribution in [3.8, 4) is 0 Å². The number of alkyl halides is 2. The lowest BCUT2D eigenvalue weighted by molar-refractivity contribution is -0.120. The normalized spacial score (nSPS) is 26.4. The highest BCUT2D eigenvalue weighted by atomic mass is 79.9. The smallest absolute Gasteiger partial charge is 0.161 e. The monoisotopic (exact) mass is 283 g/mol. The fourth-order valence-corrected chi connectivity index (χ4v) is 2.09. The highest BCUT2D eigenvalue weighted by Crippen LogP contribution is 2.22. The molecule has 1 fully saturated rings. The van der Waals surface area contributed by atoms with Gasteiger partial charge in [0, 0.05) is 12.5 Å². The fourth-order valence-electron chi connectivity index (χ4n) is 1.35. The molecule has 2 nitrogen and oxygen atoms in total. The summed E-state index contributed by atoms with van der Waals surface area (Å²) in [6, 6.07) is 0. The summed E-state index contributed by atoms with van der Waals surface area (Å²) in [6.45, 7) is 1.95. The molecule has 1 aliphatic heterocycles. The first-order valence-corrected chi connectivity index (χ1v) is 5.45. The largest absolute Gasteiger partial charge is 0.306 e. The van der Waals surface area contributed by atoms with Crippen LogP contribution in [0, 0.1) is 5.92 Å². The zero-order valence-corrected chi connectivity index (χ0v) is 9.56. The molecule has 0 spiro atoms. The molecule has 0 aromatic carbocycles. The van der Waals surface area contributed by atoms with Gasteiger partial charge in [0.05, 0.1) is 0 Å². The SMILES string of the molecule is CN1CCC(C(=O)C(Br)Br)C1. The first-order valence-electron chi connectivity index (χ1n) is 3.61. The molecule has 1 aliphatic rings. The second-order valence-corrected chi connectivity index (χ2v) is 6.01. The number of carbonyl (C=O) groups excluding carboxylic acids is 1. The number of Topliss-reactive ketones (excluding diaryl/α,β-unsaturated/α-hetero) is 1. The van der Waals surface area contributed by atoms with E-state index in [4.69, 9.17) is 0 Å². The van der Waals surface area contributed by atoms with E-state index in [0.29, 0.717) is 0 Å². The average molecular weight is 285 g/mol. The van der Waals surface area contributed by atoms with E-state index in [1.165, 1.54) is 0 Å². The van der Waals surface area contributed by atoms with Crippen LogP contribution in [0.5, 0.6) is 0 Å². The number of hydrogen-bond acceptors (Lipinski definition) is 2. The van der Waals surface area contributed by atoms with E-state index in [1.807, 2.05) is 7.05 Å². The van der Waals surface area contributed by atoms with Crippen molar-refractivity contribution in [3.05, 3.63) is 0 Å². The van der Waals surface area contributed by atoms with E-state index in [1.54, 1.807) is 0 Å². The predicted molar refractivity (Wildman–Crippen MR) is 52.3 cm³/mol. The molecule has 0 aromatic rings. The Morgan fingerprint density at radius 2 is 2.27 bits per heavy atom. The van der Waals surface area contributed by atoms with E-state index in [2.05, 4.69) is 36.8 Å². The number of carbonyl (C=O) groups is 1. The molecule has 1 saturated heterocycles. The lowest BCUT2D eigenvalue weighted by Crippen LogP contribution is -2.23. The van der Waals surface area contributed by atoms with Crippen LogP contribution in [-0.2, 0) is 4.79 Å². The van der Waals surface area contributed by atoms with Crippen molar-refractivity contribution in [2.24, 2.45) is 5.92 Å². The molecule has 0 saturated carbocycles. The van der Waals surface area contributed by atoms with Gasteiger partial charge in [0.25, 0.3) is 0 Å². The summed E-state index contributed by atoms with van der Waals surface area (Å²) in [7, 11) is 2.05. The molecule has 1 rings (SSSR count). The second kappa shape index (κ2) is 4.01. The number of ketones is 1. The summed E-state index contributed by atoms with van der Waals surface area (Å²) in [6.07, 6.45) is 1.00. The fraction of sp³-hybridized carbons (Fsp3) is 0.857. The summed E-state index contributed by atoms with van der Waals surface area (Å²) in [5, 5.41) is 0. The van der Waals surface area contributed by atoms with E-state index in [0.717, 1.165) is 19.5 Å². The number of rotatable bonds is 2. The lowest BCUT2D eigenvalue weighted by atomic mass is 10.1. The molecule has 4 heteroatoms. The van der Waals surface area contributed by atoms with Gasteiger partial charge in [-0.1, -0.05) is 31.9 Å². The lowest BCUT2D eigenvalue weighted by Gasteiger charge is -2.09. The summed E-state index contributed by atoms with van der Waals surface area (Å²) in [4.78, 5) is 13.6. The van der Waals surface area contributed by atoms with Gasteiger partial charge in [0.1, 0.15) is 3.74 Å². The van der Waals surface area contributed by atoms with Crippen LogP contribution in [0.4, 0.5) is 0 Å². The maximum Gasteiger partial charge on any atom is 0.161 e. The first kappa shape index (κ1) is 9.68. The molecule has 0 radical (unpaired) electrons. The molecule has 1 unspecified atom stereocenters. The van der Waals surface area contributed by atoms with Crippen LogP contribution in [0.25, 0.3) is 0 Å². The Labute approximate surface area is 83.6 Å². The molecule has 0 aromatic heterocycles. The summed E-state index contributed by atoms with van der Waals surface area (Å²) in [5.74, 6) is 0.498. The van der Waals surface area contributed by atoms with Crippen molar-refractivity contribution in [3.63, 3.8) is 0 Å². The average Bonchev–Trinajstić information content (AvgIpc) is 2.34. The summed E-state index contributed by atoms with van der Waals surface area (Å²) >= 11 is 6.44. The Balaban J connectivity index is 2.43. The Bertz CT molecular complexity index is 161. The van der Waals surface area contributed by atoms with Gasteiger partial charge in [-0.05, 0) is 20.0 Å². The van der Waals surface area contributed by atoms with Gasteiger partial charge in [-0.2, -0.15) is 0 Å². The maximum atomic E-state index is 11.4. The molecule has 0 amide bonds. The van der Waals surface area contributed by atoms with Crippen molar-refractivity contribution in [1.82, 2.24) is 4.90 Å². The van der Waals surface area contributed by atoms with Gasteiger partial charge < -0.3 is 4.90 Å². The second-order valence-electron chi connectivity index (χ2n) is 2.95. The molecule has 0 bridgehead atoms. The van der Waals surface area contributed by atoms with Gasteiger partial charge in [-0.25, -0.2) is 0 Å². The summed E-state index contributed by atoms with van der Waals surface area (Å²) < 4.78 is -0.161. The van der Waals surface area contributed by atoms with E-state index in [9.17, 15) is 4.79 Å².